The molecule has 0 atom stereocenters. The quantitative estimate of drug-likeness (QED) is 0.601. The van der Waals surface area contributed by atoms with Gasteiger partial charge in [0.2, 0.25) is 0 Å². The molecule has 5 nitrogen and oxygen atoms in total. The third kappa shape index (κ3) is 2.63. The van der Waals surface area contributed by atoms with E-state index in [0.717, 1.165) is 11.3 Å². The van der Waals surface area contributed by atoms with Crippen molar-refractivity contribution in [2.24, 2.45) is 0 Å². The molecule has 0 radical (unpaired) electrons. The lowest BCUT2D eigenvalue weighted by Crippen LogP contribution is -1.95. The van der Waals surface area contributed by atoms with Crippen LogP contribution in [0.4, 0.5) is 5.88 Å². The predicted octanol–water partition coefficient (Wildman–Crippen LogP) is 3.08. The fourth-order valence-electron chi connectivity index (χ4n) is 1.41. The zero-order valence-corrected chi connectivity index (χ0v) is 9.25. The third-order valence-corrected chi connectivity index (χ3v) is 2.29. The highest BCUT2D eigenvalue weighted by Crippen LogP contribution is 2.20. The Kier molecular flexibility index (Phi) is 3.09. The molecule has 0 aliphatic heterocycles. The third-order valence-electron chi connectivity index (χ3n) is 2.29. The highest BCUT2D eigenvalue weighted by Gasteiger charge is 2.12. The second-order valence-corrected chi connectivity index (χ2v) is 3.55. The Morgan fingerprint density at radius 2 is 2.06 bits per heavy atom. The van der Waals surface area contributed by atoms with Gasteiger partial charge in [-0.1, -0.05) is 18.2 Å². The second-order valence-electron chi connectivity index (χ2n) is 3.55. The van der Waals surface area contributed by atoms with Crippen LogP contribution in [0.15, 0.2) is 40.8 Å². The monoisotopic (exact) mass is 233 g/mol. The molecule has 0 unspecified atom stereocenters. The summed E-state index contributed by atoms with van der Waals surface area (Å²) in [5.41, 5.74) is 1.01. The highest BCUT2D eigenvalue weighted by molar-refractivity contribution is 5.31. The summed E-state index contributed by atoms with van der Waals surface area (Å²) in [5.74, 6) is 0.903. The first kappa shape index (κ1) is 11.2. The number of ether oxygens (including phenoxy) is 1. The molecule has 0 spiro atoms. The standard InChI is InChI=1S/C12H11NO4/c1-9-4-2-3-5-11(9)16-8-10-6-7-12(17-10)13(14)15/h2-7H,8H2,1H3. The van der Waals surface area contributed by atoms with Gasteiger partial charge in [-0.2, -0.15) is 0 Å². The van der Waals surface area contributed by atoms with Gasteiger partial charge in [0.1, 0.15) is 23.0 Å². The van der Waals surface area contributed by atoms with Crippen molar-refractivity contribution in [3.8, 4) is 5.75 Å². The summed E-state index contributed by atoms with van der Waals surface area (Å²) >= 11 is 0. The number of furan rings is 1. The minimum atomic E-state index is -0.572. The fourth-order valence-corrected chi connectivity index (χ4v) is 1.41. The summed E-state index contributed by atoms with van der Waals surface area (Å²) in [7, 11) is 0. The number of hydrogen-bond donors (Lipinski definition) is 0. The minimum Gasteiger partial charge on any atom is -0.485 e. The molecular formula is C12H11NO4. The van der Waals surface area contributed by atoms with Gasteiger partial charge in [-0.25, -0.2) is 0 Å². The van der Waals surface area contributed by atoms with Crippen LogP contribution < -0.4 is 4.74 Å². The molecule has 1 aromatic heterocycles. The van der Waals surface area contributed by atoms with Crippen molar-refractivity contribution in [2.45, 2.75) is 13.5 Å². The molecule has 0 saturated carbocycles. The normalized spacial score (nSPS) is 10.2. The molecule has 1 heterocycles. The molecule has 1 aromatic carbocycles. The lowest BCUT2D eigenvalue weighted by atomic mass is 10.2. The maximum absolute atomic E-state index is 10.4. The van der Waals surface area contributed by atoms with Crippen LogP contribution in [0.3, 0.4) is 0 Å². The molecule has 0 amide bonds. The van der Waals surface area contributed by atoms with Gasteiger partial charge in [0.25, 0.3) is 0 Å². The van der Waals surface area contributed by atoms with E-state index in [0.29, 0.717) is 5.76 Å². The number of hydrogen-bond acceptors (Lipinski definition) is 4. The SMILES string of the molecule is Cc1ccccc1OCc1ccc([N+](=O)[O-])o1. The highest BCUT2D eigenvalue weighted by atomic mass is 16.6. The van der Waals surface area contributed by atoms with Crippen molar-refractivity contribution in [1.82, 2.24) is 0 Å². The summed E-state index contributed by atoms with van der Waals surface area (Å²) < 4.78 is 10.5. The lowest BCUT2D eigenvalue weighted by Gasteiger charge is -2.06. The van der Waals surface area contributed by atoms with Crippen LogP contribution in [0.5, 0.6) is 5.75 Å². The number of aryl methyl sites for hydroxylation is 1. The molecule has 2 aromatic rings. The number of benzene rings is 1. The first-order chi connectivity index (χ1) is 8.16. The van der Waals surface area contributed by atoms with Gasteiger partial charge in [0, 0.05) is 0 Å². The van der Waals surface area contributed by atoms with Crippen LogP contribution in [-0.2, 0) is 6.61 Å². The Morgan fingerprint density at radius 3 is 2.71 bits per heavy atom. The summed E-state index contributed by atoms with van der Waals surface area (Å²) in [6, 6.07) is 10.4. The maximum atomic E-state index is 10.4. The zero-order valence-electron chi connectivity index (χ0n) is 9.25. The van der Waals surface area contributed by atoms with E-state index >= 15 is 0 Å². The molecule has 0 N–H and O–H groups in total. The molecule has 0 aliphatic carbocycles. The Hall–Kier alpha value is -2.30. The van der Waals surface area contributed by atoms with Gasteiger partial charge in [-0.05, 0) is 24.6 Å². The van der Waals surface area contributed by atoms with Crippen LogP contribution in [0.1, 0.15) is 11.3 Å². The molecular weight excluding hydrogens is 222 g/mol. The Morgan fingerprint density at radius 1 is 1.29 bits per heavy atom. The van der Waals surface area contributed by atoms with E-state index in [9.17, 15) is 10.1 Å². The van der Waals surface area contributed by atoms with Crippen LogP contribution in [-0.4, -0.2) is 4.92 Å². The van der Waals surface area contributed by atoms with Crippen LogP contribution in [0, 0.1) is 17.0 Å². The summed E-state index contributed by atoms with van der Waals surface area (Å²) in [4.78, 5) is 9.84. The molecule has 5 heteroatoms. The molecule has 17 heavy (non-hydrogen) atoms. The van der Waals surface area contributed by atoms with Gasteiger partial charge in [-0.3, -0.25) is 10.1 Å². The second kappa shape index (κ2) is 4.69. The number of nitro groups is 1. The molecule has 0 fully saturated rings. The van der Waals surface area contributed by atoms with Gasteiger partial charge in [0.05, 0.1) is 6.07 Å². The molecule has 0 bridgehead atoms. The summed E-state index contributed by atoms with van der Waals surface area (Å²) in [6.45, 7) is 2.11. The van der Waals surface area contributed by atoms with Crippen LogP contribution in [0.2, 0.25) is 0 Å². The van der Waals surface area contributed by atoms with Crippen molar-refractivity contribution < 1.29 is 14.1 Å². The largest absolute Gasteiger partial charge is 0.485 e. The van der Waals surface area contributed by atoms with Gasteiger partial charge < -0.3 is 9.15 Å². The first-order valence-electron chi connectivity index (χ1n) is 5.08. The summed E-state index contributed by atoms with van der Waals surface area (Å²) in [5, 5.41) is 10.4. The van der Waals surface area contributed by atoms with Gasteiger partial charge in [-0.15, -0.1) is 0 Å². The fraction of sp³-hybridized carbons (Fsp3) is 0.167. The van der Waals surface area contributed by atoms with Crippen LogP contribution >= 0.6 is 0 Å². The number of para-hydroxylation sites is 1. The van der Waals surface area contributed by atoms with E-state index in [1.54, 1.807) is 0 Å². The van der Waals surface area contributed by atoms with Crippen molar-refractivity contribution in [3.05, 3.63) is 57.8 Å². The molecule has 0 saturated heterocycles. The first-order valence-corrected chi connectivity index (χ1v) is 5.08. The average molecular weight is 233 g/mol. The van der Waals surface area contributed by atoms with E-state index in [1.165, 1.54) is 12.1 Å². The van der Waals surface area contributed by atoms with E-state index in [-0.39, 0.29) is 12.5 Å². The van der Waals surface area contributed by atoms with E-state index < -0.39 is 4.92 Å². The maximum Gasteiger partial charge on any atom is 0.433 e. The van der Waals surface area contributed by atoms with Crippen molar-refractivity contribution in [1.29, 1.82) is 0 Å². The van der Waals surface area contributed by atoms with Crippen LogP contribution in [0.25, 0.3) is 0 Å². The molecule has 88 valence electrons. The van der Waals surface area contributed by atoms with E-state index in [4.69, 9.17) is 9.15 Å². The smallest absolute Gasteiger partial charge is 0.433 e. The average Bonchev–Trinajstić information content (AvgIpc) is 2.77. The van der Waals surface area contributed by atoms with Gasteiger partial charge >= 0.3 is 5.88 Å². The van der Waals surface area contributed by atoms with Crippen molar-refractivity contribution in [3.63, 3.8) is 0 Å². The summed E-state index contributed by atoms with van der Waals surface area (Å²) in [6.07, 6.45) is 0. The topological polar surface area (TPSA) is 65.5 Å². The van der Waals surface area contributed by atoms with Gasteiger partial charge in [0.15, 0.2) is 0 Å². The Labute approximate surface area is 97.8 Å². The van der Waals surface area contributed by atoms with Crippen molar-refractivity contribution in [2.75, 3.05) is 0 Å². The number of nitrogens with zero attached hydrogens (tertiary/aromatic N) is 1. The van der Waals surface area contributed by atoms with E-state index in [1.807, 2.05) is 31.2 Å². The number of rotatable bonds is 4. The Bertz CT molecular complexity index is 533. The minimum absolute atomic E-state index is 0.179. The predicted molar refractivity (Wildman–Crippen MR) is 60.9 cm³/mol. The molecule has 2 rings (SSSR count). The lowest BCUT2D eigenvalue weighted by molar-refractivity contribution is -0.402. The van der Waals surface area contributed by atoms with Crippen molar-refractivity contribution >= 4 is 5.88 Å². The Balaban J connectivity index is 2.02. The van der Waals surface area contributed by atoms with E-state index in [2.05, 4.69) is 0 Å². The molecule has 0 aliphatic rings. The zero-order chi connectivity index (χ0) is 12.3.